The summed E-state index contributed by atoms with van der Waals surface area (Å²) in [7, 11) is 0. The summed E-state index contributed by atoms with van der Waals surface area (Å²) in [4.78, 5) is 17.1. The SMILES string of the molecule is CC(C)c1sc(C(C)(C)C)cc1C(=O)N1CC[S+]([O-])CC1. The van der Waals surface area contributed by atoms with Gasteiger partial charge in [-0.2, -0.15) is 0 Å². The van der Waals surface area contributed by atoms with Gasteiger partial charge in [-0.1, -0.05) is 45.8 Å². The van der Waals surface area contributed by atoms with E-state index in [1.165, 1.54) is 9.75 Å². The van der Waals surface area contributed by atoms with E-state index < -0.39 is 11.2 Å². The Kier molecular flexibility index (Phi) is 5.06. The highest BCUT2D eigenvalue weighted by Crippen LogP contribution is 2.36. The van der Waals surface area contributed by atoms with Crippen LogP contribution in [0.2, 0.25) is 0 Å². The van der Waals surface area contributed by atoms with Crippen LogP contribution in [0, 0.1) is 0 Å². The van der Waals surface area contributed by atoms with E-state index in [2.05, 4.69) is 40.7 Å². The molecule has 0 aromatic carbocycles. The monoisotopic (exact) mass is 327 g/mol. The van der Waals surface area contributed by atoms with E-state index in [0.717, 1.165) is 5.56 Å². The van der Waals surface area contributed by atoms with Crippen LogP contribution in [0.1, 0.15) is 60.6 Å². The van der Waals surface area contributed by atoms with E-state index in [1.807, 2.05) is 4.90 Å². The third kappa shape index (κ3) is 3.82. The molecule has 1 amide bonds. The molecular weight excluding hydrogens is 302 g/mol. The Hall–Kier alpha value is -0.520. The fourth-order valence-electron chi connectivity index (χ4n) is 2.38. The zero-order valence-corrected chi connectivity index (χ0v) is 15.2. The molecule has 1 aromatic heterocycles. The van der Waals surface area contributed by atoms with Crippen LogP contribution in [-0.4, -0.2) is 40.0 Å². The van der Waals surface area contributed by atoms with Crippen LogP contribution < -0.4 is 0 Å². The molecular formula is C16H25NO2S2. The topological polar surface area (TPSA) is 43.4 Å². The van der Waals surface area contributed by atoms with Gasteiger partial charge in [-0.3, -0.25) is 4.79 Å². The average molecular weight is 328 g/mol. The van der Waals surface area contributed by atoms with Crippen molar-refractivity contribution in [3.63, 3.8) is 0 Å². The van der Waals surface area contributed by atoms with Gasteiger partial charge in [0.25, 0.3) is 5.91 Å². The summed E-state index contributed by atoms with van der Waals surface area (Å²) >= 11 is 1.01. The number of amides is 1. The van der Waals surface area contributed by atoms with E-state index >= 15 is 0 Å². The lowest BCUT2D eigenvalue weighted by molar-refractivity contribution is 0.0769. The summed E-state index contributed by atoms with van der Waals surface area (Å²) in [6, 6.07) is 2.08. The minimum Gasteiger partial charge on any atom is -0.616 e. The van der Waals surface area contributed by atoms with Crippen molar-refractivity contribution in [3.05, 3.63) is 21.4 Å². The highest BCUT2D eigenvalue weighted by atomic mass is 32.2. The predicted octanol–water partition coefficient (Wildman–Crippen LogP) is 3.37. The van der Waals surface area contributed by atoms with Gasteiger partial charge < -0.3 is 9.45 Å². The number of carbonyl (C=O) groups is 1. The molecule has 2 rings (SSSR count). The van der Waals surface area contributed by atoms with Crippen LogP contribution in [-0.2, 0) is 16.6 Å². The third-order valence-electron chi connectivity index (χ3n) is 3.72. The maximum absolute atomic E-state index is 12.8. The molecule has 3 nitrogen and oxygen atoms in total. The summed E-state index contributed by atoms with van der Waals surface area (Å²) in [5.74, 6) is 1.68. The van der Waals surface area contributed by atoms with Gasteiger partial charge in [-0.15, -0.1) is 11.3 Å². The number of rotatable bonds is 2. The Balaban J connectivity index is 2.29. The molecule has 1 aliphatic heterocycles. The fraction of sp³-hybridized carbons (Fsp3) is 0.688. The molecule has 0 radical (unpaired) electrons. The number of nitrogens with zero attached hydrogens (tertiary/aromatic N) is 1. The van der Waals surface area contributed by atoms with Gasteiger partial charge in [-0.25, -0.2) is 0 Å². The molecule has 1 saturated heterocycles. The van der Waals surface area contributed by atoms with Gasteiger partial charge in [0.15, 0.2) is 0 Å². The molecule has 1 fully saturated rings. The maximum atomic E-state index is 12.8. The van der Waals surface area contributed by atoms with Gasteiger partial charge in [-0.05, 0) is 17.4 Å². The van der Waals surface area contributed by atoms with Crippen molar-refractivity contribution in [1.29, 1.82) is 0 Å². The second kappa shape index (κ2) is 6.31. The molecule has 1 aromatic rings. The molecule has 1 aliphatic rings. The minimum atomic E-state index is -0.748. The molecule has 0 atom stereocenters. The molecule has 0 bridgehead atoms. The molecule has 0 N–H and O–H groups in total. The predicted molar refractivity (Wildman–Crippen MR) is 90.9 cm³/mol. The zero-order valence-electron chi connectivity index (χ0n) is 13.6. The fourth-order valence-corrected chi connectivity index (χ4v) is 4.65. The lowest BCUT2D eigenvalue weighted by atomic mass is 9.93. The maximum Gasteiger partial charge on any atom is 0.255 e. The summed E-state index contributed by atoms with van der Waals surface area (Å²) in [6.45, 7) is 12.1. The Morgan fingerprint density at radius 3 is 2.38 bits per heavy atom. The summed E-state index contributed by atoms with van der Waals surface area (Å²) in [5, 5.41) is 0. The first-order valence-corrected chi connectivity index (χ1v) is 9.79. The van der Waals surface area contributed by atoms with Crippen molar-refractivity contribution >= 4 is 28.4 Å². The second-order valence-electron chi connectivity index (χ2n) is 6.93. The van der Waals surface area contributed by atoms with Gasteiger partial charge in [0, 0.05) is 9.75 Å². The first kappa shape index (κ1) is 16.8. The smallest absolute Gasteiger partial charge is 0.255 e. The summed E-state index contributed by atoms with van der Waals surface area (Å²) in [6.07, 6.45) is 0. The van der Waals surface area contributed by atoms with Crippen LogP contribution in [0.5, 0.6) is 0 Å². The van der Waals surface area contributed by atoms with Crippen LogP contribution in [0.15, 0.2) is 6.07 Å². The standard InChI is InChI=1S/C16H25NO2S2/c1-11(2)14-12(10-13(20-14)16(3,4)5)15(18)17-6-8-21(19)9-7-17/h10-11H,6-9H2,1-5H3. The molecule has 21 heavy (non-hydrogen) atoms. The van der Waals surface area contributed by atoms with Crippen LogP contribution in [0.3, 0.4) is 0 Å². The first-order chi connectivity index (χ1) is 9.70. The Morgan fingerprint density at radius 2 is 1.90 bits per heavy atom. The van der Waals surface area contributed by atoms with Crippen molar-refractivity contribution in [2.24, 2.45) is 0 Å². The second-order valence-corrected chi connectivity index (χ2v) is 9.71. The van der Waals surface area contributed by atoms with Crippen molar-refractivity contribution < 1.29 is 9.35 Å². The summed E-state index contributed by atoms with van der Waals surface area (Å²) in [5.41, 5.74) is 0.920. The van der Waals surface area contributed by atoms with Gasteiger partial charge >= 0.3 is 0 Å². The van der Waals surface area contributed by atoms with Gasteiger partial charge in [0.2, 0.25) is 0 Å². The van der Waals surface area contributed by atoms with Crippen LogP contribution in [0.25, 0.3) is 0 Å². The normalized spacial score (nSPS) is 17.6. The number of carbonyl (C=O) groups excluding carboxylic acids is 1. The van der Waals surface area contributed by atoms with Crippen molar-refractivity contribution in [1.82, 2.24) is 4.90 Å². The molecule has 0 spiro atoms. The quantitative estimate of drug-likeness (QED) is 0.782. The van der Waals surface area contributed by atoms with Crippen LogP contribution in [0.4, 0.5) is 0 Å². The first-order valence-electron chi connectivity index (χ1n) is 7.48. The third-order valence-corrected chi connectivity index (χ3v) is 6.86. The molecule has 5 heteroatoms. The largest absolute Gasteiger partial charge is 0.616 e. The highest BCUT2D eigenvalue weighted by Gasteiger charge is 2.29. The molecule has 0 aliphatic carbocycles. The van der Waals surface area contributed by atoms with Gasteiger partial charge in [0.1, 0.15) is 11.5 Å². The summed E-state index contributed by atoms with van der Waals surface area (Å²) < 4.78 is 11.5. The molecule has 118 valence electrons. The lowest BCUT2D eigenvalue weighted by Gasteiger charge is -2.28. The van der Waals surface area contributed by atoms with E-state index in [1.54, 1.807) is 11.3 Å². The minimum absolute atomic E-state index is 0.0657. The number of thiophene rings is 1. The van der Waals surface area contributed by atoms with Crippen LogP contribution >= 0.6 is 11.3 Å². The molecule has 0 saturated carbocycles. The van der Waals surface area contributed by atoms with E-state index in [0.29, 0.717) is 30.5 Å². The Bertz CT molecular complexity index is 509. The number of hydrogen-bond acceptors (Lipinski definition) is 3. The van der Waals surface area contributed by atoms with E-state index in [9.17, 15) is 9.35 Å². The number of hydrogen-bond donors (Lipinski definition) is 0. The Labute approximate surface area is 134 Å². The average Bonchev–Trinajstić information content (AvgIpc) is 2.83. The zero-order chi connectivity index (χ0) is 15.8. The molecule has 2 heterocycles. The highest BCUT2D eigenvalue weighted by molar-refractivity contribution is 7.91. The van der Waals surface area contributed by atoms with Crippen molar-refractivity contribution in [2.75, 3.05) is 24.6 Å². The Morgan fingerprint density at radius 1 is 1.33 bits per heavy atom. The van der Waals surface area contributed by atoms with E-state index in [-0.39, 0.29) is 11.3 Å². The van der Waals surface area contributed by atoms with E-state index in [4.69, 9.17) is 0 Å². The van der Waals surface area contributed by atoms with Crippen molar-refractivity contribution in [2.45, 2.75) is 46.0 Å². The molecule has 0 unspecified atom stereocenters. The van der Waals surface area contributed by atoms with Gasteiger partial charge in [0.05, 0.1) is 18.7 Å². The lowest BCUT2D eigenvalue weighted by Crippen LogP contribution is -2.43. The van der Waals surface area contributed by atoms with Crippen molar-refractivity contribution in [3.8, 4) is 0 Å².